The first-order chi connectivity index (χ1) is 8.77. The number of nitrogens with one attached hydrogen (secondary N) is 1. The van der Waals surface area contributed by atoms with Gasteiger partial charge in [0.2, 0.25) is 0 Å². The molecule has 0 atom stereocenters. The molecule has 1 N–H and O–H groups in total. The third-order valence-electron chi connectivity index (χ3n) is 2.69. The largest absolute Gasteiger partial charge is 0.362 e. The molecule has 6 heteroatoms. The first-order valence-corrected chi connectivity index (χ1v) is 5.54. The zero-order chi connectivity index (χ0) is 12.5. The van der Waals surface area contributed by atoms with Crippen molar-refractivity contribution in [3.63, 3.8) is 0 Å². The molecule has 3 aromatic heterocycles. The maximum Gasteiger partial charge on any atom is 0.181 e. The van der Waals surface area contributed by atoms with Crippen molar-refractivity contribution in [3.8, 4) is 11.3 Å². The van der Waals surface area contributed by atoms with Crippen molar-refractivity contribution >= 4 is 17.0 Å². The van der Waals surface area contributed by atoms with Crippen LogP contribution in [-0.2, 0) is 0 Å². The molecule has 0 radical (unpaired) electrons. The summed E-state index contributed by atoms with van der Waals surface area (Å²) in [6.07, 6.45) is 4.91. The number of anilines is 1. The van der Waals surface area contributed by atoms with Crippen LogP contribution in [0.3, 0.4) is 0 Å². The van der Waals surface area contributed by atoms with Crippen LogP contribution >= 0.6 is 0 Å². The van der Waals surface area contributed by atoms with Crippen molar-refractivity contribution < 1.29 is 0 Å². The Labute approximate surface area is 104 Å². The van der Waals surface area contributed by atoms with Gasteiger partial charge in [0.1, 0.15) is 23.4 Å². The third kappa shape index (κ3) is 1.58. The molecule has 0 bridgehead atoms. The molecule has 3 rings (SSSR count). The quantitative estimate of drug-likeness (QED) is 0.734. The lowest BCUT2D eigenvalue weighted by Crippen LogP contribution is -2.12. The van der Waals surface area contributed by atoms with E-state index < -0.39 is 0 Å². The summed E-state index contributed by atoms with van der Waals surface area (Å²) < 4.78 is 0. The topological polar surface area (TPSA) is 70.6 Å². The molecule has 0 amide bonds. The van der Waals surface area contributed by atoms with Gasteiger partial charge in [0.25, 0.3) is 0 Å². The summed E-state index contributed by atoms with van der Waals surface area (Å²) in [5.41, 5.74) is 3.26. The minimum atomic E-state index is 0.661. The van der Waals surface area contributed by atoms with Crippen molar-refractivity contribution in [1.82, 2.24) is 24.9 Å². The fraction of sp³-hybridized carbons (Fsp3) is 0.167. The maximum absolute atomic E-state index is 4.38. The normalized spacial score (nSPS) is 10.8. The number of fused-ring (bicyclic) bond motifs is 1. The molecule has 0 saturated heterocycles. The van der Waals surface area contributed by atoms with E-state index in [1.807, 2.05) is 31.1 Å². The minimum absolute atomic E-state index is 0.661. The number of aromatic amines is 1. The molecule has 3 heterocycles. The first kappa shape index (κ1) is 10.6. The lowest BCUT2D eigenvalue weighted by atomic mass is 10.1. The highest BCUT2D eigenvalue weighted by Gasteiger charge is 2.13. The van der Waals surface area contributed by atoms with Crippen molar-refractivity contribution in [2.45, 2.75) is 0 Å². The van der Waals surface area contributed by atoms with Gasteiger partial charge in [0.15, 0.2) is 5.65 Å². The highest BCUT2D eigenvalue weighted by atomic mass is 15.1. The van der Waals surface area contributed by atoms with Gasteiger partial charge in [0.05, 0.1) is 6.33 Å². The van der Waals surface area contributed by atoms with E-state index >= 15 is 0 Å². The average molecular weight is 240 g/mol. The van der Waals surface area contributed by atoms with Gasteiger partial charge in [0, 0.05) is 25.9 Å². The summed E-state index contributed by atoms with van der Waals surface area (Å²) in [5.74, 6) is 0.868. The standard InChI is InChI=1S/C12H12N6/c1-18(2)12-8(4-3-5-13-12)9-10-11(16-6-14-9)17-7-15-10/h3-7H,1-2H3,(H,14,15,16,17). The Morgan fingerprint density at radius 1 is 1.11 bits per heavy atom. The fourth-order valence-electron chi connectivity index (χ4n) is 1.91. The smallest absolute Gasteiger partial charge is 0.181 e. The number of aromatic nitrogens is 5. The molecule has 0 spiro atoms. The lowest BCUT2D eigenvalue weighted by molar-refractivity contribution is 1.07. The van der Waals surface area contributed by atoms with E-state index in [4.69, 9.17) is 0 Å². The summed E-state index contributed by atoms with van der Waals surface area (Å²) >= 11 is 0. The molecule has 0 aliphatic carbocycles. The molecule has 0 unspecified atom stereocenters. The van der Waals surface area contributed by atoms with Crippen molar-refractivity contribution in [3.05, 3.63) is 31.0 Å². The van der Waals surface area contributed by atoms with Crippen LogP contribution in [0.4, 0.5) is 5.82 Å². The third-order valence-corrected chi connectivity index (χ3v) is 2.69. The molecule has 3 aromatic rings. The predicted molar refractivity (Wildman–Crippen MR) is 69.2 cm³/mol. The van der Waals surface area contributed by atoms with Gasteiger partial charge in [-0.25, -0.2) is 19.9 Å². The van der Waals surface area contributed by atoms with Crippen LogP contribution < -0.4 is 4.90 Å². The Hall–Kier alpha value is -2.50. The second kappa shape index (κ2) is 4.06. The van der Waals surface area contributed by atoms with Gasteiger partial charge in [-0.3, -0.25) is 0 Å². The second-order valence-electron chi connectivity index (χ2n) is 4.09. The summed E-state index contributed by atoms with van der Waals surface area (Å²) in [4.78, 5) is 22.0. The SMILES string of the molecule is CN(C)c1ncccc1-c1ncnc2nc[nH]c12. The molecule has 0 aliphatic heterocycles. The number of imidazole rings is 1. The number of pyridine rings is 1. The van der Waals surface area contributed by atoms with Gasteiger partial charge < -0.3 is 9.88 Å². The Kier molecular flexibility index (Phi) is 2.40. The fourth-order valence-corrected chi connectivity index (χ4v) is 1.91. The minimum Gasteiger partial charge on any atom is -0.362 e. The van der Waals surface area contributed by atoms with Gasteiger partial charge in [-0.1, -0.05) is 0 Å². The number of rotatable bonds is 2. The van der Waals surface area contributed by atoms with E-state index in [1.165, 1.54) is 6.33 Å². The lowest BCUT2D eigenvalue weighted by Gasteiger charge is -2.15. The van der Waals surface area contributed by atoms with Gasteiger partial charge >= 0.3 is 0 Å². The van der Waals surface area contributed by atoms with E-state index in [-0.39, 0.29) is 0 Å². The Bertz CT molecular complexity index is 688. The van der Waals surface area contributed by atoms with Gasteiger partial charge in [-0.05, 0) is 12.1 Å². The predicted octanol–water partition coefficient (Wildman–Crippen LogP) is 1.48. The van der Waals surface area contributed by atoms with E-state index in [0.717, 1.165) is 22.6 Å². The molecule has 6 nitrogen and oxygen atoms in total. The van der Waals surface area contributed by atoms with Crippen LogP contribution in [-0.4, -0.2) is 39.0 Å². The molecule has 0 fully saturated rings. The number of H-pyrrole nitrogens is 1. The van der Waals surface area contributed by atoms with Crippen LogP contribution in [0, 0.1) is 0 Å². The molecule has 0 saturated carbocycles. The van der Waals surface area contributed by atoms with Crippen LogP contribution in [0.2, 0.25) is 0 Å². The highest BCUT2D eigenvalue weighted by Crippen LogP contribution is 2.29. The summed E-state index contributed by atoms with van der Waals surface area (Å²) in [6, 6.07) is 3.89. The van der Waals surface area contributed by atoms with Crippen LogP contribution in [0.5, 0.6) is 0 Å². The Morgan fingerprint density at radius 2 is 2.00 bits per heavy atom. The summed E-state index contributed by atoms with van der Waals surface area (Å²) in [6.45, 7) is 0. The maximum atomic E-state index is 4.38. The molecule has 0 aliphatic rings. The van der Waals surface area contributed by atoms with Crippen molar-refractivity contribution in [2.75, 3.05) is 19.0 Å². The van der Waals surface area contributed by atoms with E-state index in [9.17, 15) is 0 Å². The van der Waals surface area contributed by atoms with E-state index in [1.54, 1.807) is 12.5 Å². The number of hydrogen-bond donors (Lipinski definition) is 1. The molecular formula is C12H12N6. The number of hydrogen-bond acceptors (Lipinski definition) is 5. The van der Waals surface area contributed by atoms with E-state index in [0.29, 0.717) is 5.65 Å². The molecule has 18 heavy (non-hydrogen) atoms. The summed E-state index contributed by atoms with van der Waals surface area (Å²) in [7, 11) is 3.91. The van der Waals surface area contributed by atoms with Crippen molar-refractivity contribution in [2.24, 2.45) is 0 Å². The van der Waals surface area contributed by atoms with Crippen LogP contribution in [0.1, 0.15) is 0 Å². The van der Waals surface area contributed by atoms with E-state index in [2.05, 4.69) is 24.9 Å². The average Bonchev–Trinajstić information content (AvgIpc) is 2.86. The monoisotopic (exact) mass is 240 g/mol. The van der Waals surface area contributed by atoms with Crippen LogP contribution in [0.25, 0.3) is 22.4 Å². The zero-order valence-corrected chi connectivity index (χ0v) is 10.1. The summed E-state index contributed by atoms with van der Waals surface area (Å²) in [5, 5.41) is 0. The van der Waals surface area contributed by atoms with Crippen molar-refractivity contribution in [1.29, 1.82) is 0 Å². The molecule has 0 aromatic carbocycles. The first-order valence-electron chi connectivity index (χ1n) is 5.54. The highest BCUT2D eigenvalue weighted by molar-refractivity contribution is 5.90. The van der Waals surface area contributed by atoms with Gasteiger partial charge in [-0.15, -0.1) is 0 Å². The molecule has 90 valence electrons. The molecular weight excluding hydrogens is 228 g/mol. The Morgan fingerprint density at radius 3 is 2.83 bits per heavy atom. The zero-order valence-electron chi connectivity index (χ0n) is 10.1. The Balaban J connectivity index is 2.29. The second-order valence-corrected chi connectivity index (χ2v) is 4.09. The number of nitrogens with zero attached hydrogens (tertiary/aromatic N) is 5. The van der Waals surface area contributed by atoms with Gasteiger partial charge in [-0.2, -0.15) is 0 Å². The van der Waals surface area contributed by atoms with Crippen LogP contribution in [0.15, 0.2) is 31.0 Å².